The van der Waals surface area contributed by atoms with E-state index in [9.17, 15) is 4.79 Å². The molecule has 3 aromatic carbocycles. The van der Waals surface area contributed by atoms with Crippen LogP contribution < -0.4 is 9.80 Å². The zero-order valence-electron chi connectivity index (χ0n) is 14.7. The van der Waals surface area contributed by atoms with Crippen LogP contribution >= 0.6 is 0 Å². The minimum atomic E-state index is -0.289. The van der Waals surface area contributed by atoms with E-state index in [1.807, 2.05) is 18.2 Å². The molecule has 2 aliphatic heterocycles. The lowest BCUT2D eigenvalue weighted by Gasteiger charge is -2.48. The maximum atomic E-state index is 13.4. The van der Waals surface area contributed by atoms with Gasteiger partial charge in [-0.15, -0.1) is 0 Å². The molecule has 0 saturated carbocycles. The minimum Gasteiger partial charge on any atom is -0.340 e. The summed E-state index contributed by atoms with van der Waals surface area (Å²) in [6, 6.07) is 24.9. The second-order valence-electron chi connectivity index (χ2n) is 7.12. The van der Waals surface area contributed by atoms with E-state index in [1.165, 1.54) is 16.8 Å². The summed E-state index contributed by atoms with van der Waals surface area (Å²) in [7, 11) is 0. The van der Waals surface area contributed by atoms with Gasteiger partial charge >= 0.3 is 0 Å². The Kier molecular flexibility index (Phi) is 3.35. The van der Waals surface area contributed by atoms with Gasteiger partial charge in [-0.05, 0) is 36.2 Å². The van der Waals surface area contributed by atoms with E-state index >= 15 is 0 Å². The normalized spacial score (nSPS) is 18.2. The maximum Gasteiger partial charge on any atom is 0.206 e. The highest BCUT2D eigenvalue weighted by molar-refractivity contribution is 6.06. The molecule has 0 fully saturated rings. The molecule has 1 atom stereocenters. The number of hydrogen-bond donors (Lipinski definition) is 0. The van der Waals surface area contributed by atoms with Gasteiger partial charge in [-0.1, -0.05) is 60.2 Å². The number of nitrogens with zero attached hydrogens (tertiary/aromatic N) is 2. The molecule has 0 saturated heterocycles. The lowest BCUT2D eigenvalue weighted by Crippen LogP contribution is -2.58. The first-order chi connectivity index (χ1) is 12.7. The smallest absolute Gasteiger partial charge is 0.206 e. The molecule has 2 aliphatic rings. The van der Waals surface area contributed by atoms with Crippen LogP contribution in [0.2, 0.25) is 0 Å². The van der Waals surface area contributed by atoms with Crippen molar-refractivity contribution in [1.82, 2.24) is 0 Å². The summed E-state index contributed by atoms with van der Waals surface area (Å²) < 4.78 is 0. The van der Waals surface area contributed by atoms with Crippen molar-refractivity contribution in [3.05, 3.63) is 95.1 Å². The Balaban J connectivity index is 1.68. The van der Waals surface area contributed by atoms with Gasteiger partial charge in [0.2, 0.25) is 5.78 Å². The van der Waals surface area contributed by atoms with Crippen LogP contribution in [-0.2, 0) is 13.1 Å². The van der Waals surface area contributed by atoms with Crippen molar-refractivity contribution in [2.45, 2.75) is 26.2 Å². The molecule has 3 heteroatoms. The van der Waals surface area contributed by atoms with Crippen molar-refractivity contribution in [2.24, 2.45) is 0 Å². The molecule has 0 radical (unpaired) electrons. The van der Waals surface area contributed by atoms with Crippen LogP contribution in [0, 0.1) is 6.92 Å². The van der Waals surface area contributed by atoms with Crippen LogP contribution in [0.25, 0.3) is 0 Å². The van der Waals surface area contributed by atoms with Gasteiger partial charge in [0.15, 0.2) is 6.17 Å². The molecule has 0 amide bonds. The first-order valence-electron chi connectivity index (χ1n) is 9.02. The number of carbonyl (C=O) groups is 1. The SMILES string of the molecule is Cc1ccc(N2Cc3ccccc3N3Cc4ccccc4C(=O)C23)cc1. The number of para-hydroxylation sites is 1. The Hall–Kier alpha value is -3.07. The third-order valence-electron chi connectivity index (χ3n) is 5.46. The molecule has 3 nitrogen and oxygen atoms in total. The molecular formula is C23H20N2O. The zero-order valence-corrected chi connectivity index (χ0v) is 14.7. The molecule has 26 heavy (non-hydrogen) atoms. The fourth-order valence-electron chi connectivity index (χ4n) is 4.14. The Labute approximate surface area is 153 Å². The fraction of sp³-hybridized carbons (Fsp3) is 0.174. The standard InChI is InChI=1S/C23H20N2O/c1-16-10-12-19(13-11-16)24-15-18-7-3-5-9-21(18)25-14-17-6-2-4-8-20(17)22(26)23(24)25/h2-13,23H,14-15H2,1H3. The second kappa shape index (κ2) is 5.73. The number of benzene rings is 3. The predicted octanol–water partition coefficient (Wildman–Crippen LogP) is 4.54. The monoisotopic (exact) mass is 340 g/mol. The minimum absolute atomic E-state index is 0.182. The second-order valence-corrected chi connectivity index (χ2v) is 7.12. The molecule has 128 valence electrons. The maximum absolute atomic E-state index is 13.4. The van der Waals surface area contributed by atoms with Crippen LogP contribution in [0.15, 0.2) is 72.8 Å². The molecule has 0 bridgehead atoms. The fourth-order valence-corrected chi connectivity index (χ4v) is 4.14. The number of rotatable bonds is 1. The van der Waals surface area contributed by atoms with Crippen LogP contribution in [0.4, 0.5) is 11.4 Å². The summed E-state index contributed by atoms with van der Waals surface area (Å²) in [6.07, 6.45) is -0.289. The molecule has 0 N–H and O–H groups in total. The van der Waals surface area contributed by atoms with Gasteiger partial charge in [0, 0.05) is 30.0 Å². The van der Waals surface area contributed by atoms with E-state index in [2.05, 4.69) is 71.3 Å². The van der Waals surface area contributed by atoms with Crippen molar-refractivity contribution in [1.29, 1.82) is 0 Å². The van der Waals surface area contributed by atoms with Crippen LogP contribution in [0.3, 0.4) is 0 Å². The quantitative estimate of drug-likeness (QED) is 0.649. The van der Waals surface area contributed by atoms with Crippen molar-refractivity contribution in [3.63, 3.8) is 0 Å². The Morgan fingerprint density at radius 2 is 1.42 bits per heavy atom. The number of fused-ring (bicyclic) bond motifs is 4. The van der Waals surface area contributed by atoms with Gasteiger partial charge in [0.1, 0.15) is 0 Å². The summed E-state index contributed by atoms with van der Waals surface area (Å²) in [6.45, 7) is 3.59. The Morgan fingerprint density at radius 3 is 2.23 bits per heavy atom. The van der Waals surface area contributed by atoms with Crippen LogP contribution in [-0.4, -0.2) is 11.9 Å². The highest BCUT2D eigenvalue weighted by Crippen LogP contribution is 2.39. The molecule has 0 spiro atoms. The summed E-state index contributed by atoms with van der Waals surface area (Å²) >= 11 is 0. The number of carbonyl (C=O) groups excluding carboxylic acids is 1. The number of ketones is 1. The predicted molar refractivity (Wildman–Crippen MR) is 105 cm³/mol. The summed E-state index contributed by atoms with van der Waals surface area (Å²) in [4.78, 5) is 17.9. The lowest BCUT2D eigenvalue weighted by molar-refractivity contribution is 0.0942. The molecular weight excluding hydrogens is 320 g/mol. The summed E-state index contributed by atoms with van der Waals surface area (Å²) in [5.41, 5.74) is 6.70. The van der Waals surface area contributed by atoms with E-state index in [-0.39, 0.29) is 11.9 Å². The third-order valence-corrected chi connectivity index (χ3v) is 5.46. The molecule has 1 unspecified atom stereocenters. The van der Waals surface area contributed by atoms with Crippen molar-refractivity contribution < 1.29 is 4.79 Å². The van der Waals surface area contributed by atoms with Crippen LogP contribution in [0.1, 0.15) is 27.0 Å². The van der Waals surface area contributed by atoms with E-state index < -0.39 is 0 Å². The van der Waals surface area contributed by atoms with Gasteiger partial charge in [0.05, 0.1) is 0 Å². The van der Waals surface area contributed by atoms with Gasteiger partial charge in [-0.3, -0.25) is 4.79 Å². The van der Waals surface area contributed by atoms with E-state index in [0.29, 0.717) is 0 Å². The largest absolute Gasteiger partial charge is 0.340 e. The van der Waals surface area contributed by atoms with Crippen molar-refractivity contribution in [3.8, 4) is 0 Å². The Bertz CT molecular complexity index is 993. The van der Waals surface area contributed by atoms with Gasteiger partial charge in [-0.25, -0.2) is 0 Å². The van der Waals surface area contributed by atoms with Crippen molar-refractivity contribution in [2.75, 3.05) is 9.80 Å². The number of hydrogen-bond acceptors (Lipinski definition) is 3. The van der Waals surface area contributed by atoms with Crippen LogP contribution in [0.5, 0.6) is 0 Å². The average molecular weight is 340 g/mol. The van der Waals surface area contributed by atoms with E-state index in [0.717, 1.165) is 29.9 Å². The van der Waals surface area contributed by atoms with Gasteiger partial charge in [-0.2, -0.15) is 0 Å². The lowest BCUT2D eigenvalue weighted by atomic mass is 9.92. The highest BCUT2D eigenvalue weighted by atomic mass is 16.1. The summed E-state index contributed by atoms with van der Waals surface area (Å²) in [5, 5.41) is 0. The number of aryl methyl sites for hydroxylation is 1. The first kappa shape index (κ1) is 15.2. The topological polar surface area (TPSA) is 23.6 Å². The average Bonchev–Trinajstić information content (AvgIpc) is 2.68. The van der Waals surface area contributed by atoms with Gasteiger partial charge in [0.25, 0.3) is 0 Å². The van der Waals surface area contributed by atoms with E-state index in [1.54, 1.807) is 0 Å². The molecule has 5 rings (SSSR count). The zero-order chi connectivity index (χ0) is 17.7. The number of Topliss-reactive ketones (excluding diaryl/α,β-unsaturated/α-hetero) is 1. The Morgan fingerprint density at radius 1 is 0.769 bits per heavy atom. The molecule has 2 heterocycles. The number of anilines is 2. The van der Waals surface area contributed by atoms with Gasteiger partial charge < -0.3 is 9.80 Å². The molecule has 3 aromatic rings. The highest BCUT2D eigenvalue weighted by Gasteiger charge is 2.41. The first-order valence-corrected chi connectivity index (χ1v) is 9.02. The third kappa shape index (κ3) is 2.24. The summed E-state index contributed by atoms with van der Waals surface area (Å²) in [5.74, 6) is 0.182. The molecule has 0 aliphatic carbocycles. The van der Waals surface area contributed by atoms with E-state index in [4.69, 9.17) is 0 Å². The van der Waals surface area contributed by atoms with Crippen molar-refractivity contribution >= 4 is 17.2 Å². The molecule has 0 aromatic heterocycles.